The molecule has 0 bridgehead atoms. The van der Waals surface area contributed by atoms with E-state index in [1.54, 1.807) is 0 Å². The fraction of sp³-hybridized carbons (Fsp3) is 0.786. The van der Waals surface area contributed by atoms with Crippen LogP contribution in [0.3, 0.4) is 0 Å². The van der Waals surface area contributed by atoms with Crippen LogP contribution in [0.25, 0.3) is 0 Å². The van der Waals surface area contributed by atoms with Crippen LogP contribution >= 0.6 is 0 Å². The van der Waals surface area contributed by atoms with E-state index < -0.39 is 0 Å². The lowest BCUT2D eigenvalue weighted by atomic mass is 9.79. The average molecular weight is 235 g/mol. The van der Waals surface area contributed by atoms with Crippen molar-refractivity contribution in [1.82, 2.24) is 15.3 Å². The Balaban J connectivity index is 1.67. The molecular weight excluding hydrogens is 210 g/mol. The summed E-state index contributed by atoms with van der Waals surface area (Å²) in [4.78, 5) is 7.40. The molecular formula is C14H25N3. The summed E-state index contributed by atoms with van der Waals surface area (Å²) in [5.74, 6) is 2.78. The van der Waals surface area contributed by atoms with Crippen molar-refractivity contribution in [3.63, 3.8) is 0 Å². The van der Waals surface area contributed by atoms with Crippen molar-refractivity contribution >= 4 is 0 Å². The Kier molecular flexibility index (Phi) is 4.60. The number of aryl methyl sites for hydroxylation is 1. The monoisotopic (exact) mass is 235 g/mol. The van der Waals surface area contributed by atoms with Crippen molar-refractivity contribution in [3.8, 4) is 0 Å². The molecule has 0 aliphatic heterocycles. The van der Waals surface area contributed by atoms with Gasteiger partial charge in [-0.25, -0.2) is 4.98 Å². The highest BCUT2D eigenvalue weighted by atomic mass is 14.9. The van der Waals surface area contributed by atoms with E-state index in [2.05, 4.69) is 29.1 Å². The lowest BCUT2D eigenvalue weighted by molar-refractivity contribution is 0.209. The minimum Gasteiger partial charge on any atom is -0.349 e. The zero-order chi connectivity index (χ0) is 12.1. The van der Waals surface area contributed by atoms with E-state index in [-0.39, 0.29) is 0 Å². The molecule has 0 aromatic carbocycles. The fourth-order valence-corrected chi connectivity index (χ4v) is 3.04. The Morgan fingerprint density at radius 1 is 1.35 bits per heavy atom. The Morgan fingerprint density at radius 2 is 2.12 bits per heavy atom. The molecule has 3 nitrogen and oxygen atoms in total. The molecule has 0 spiro atoms. The number of H-pyrrole nitrogens is 1. The summed E-state index contributed by atoms with van der Waals surface area (Å²) >= 11 is 0. The van der Waals surface area contributed by atoms with Crippen LogP contribution in [0.1, 0.15) is 45.4 Å². The normalized spacial score (nSPS) is 29.4. The van der Waals surface area contributed by atoms with Crippen molar-refractivity contribution in [2.24, 2.45) is 11.8 Å². The summed E-state index contributed by atoms with van der Waals surface area (Å²) in [5, 5.41) is 3.74. The molecule has 96 valence electrons. The van der Waals surface area contributed by atoms with E-state index in [1.807, 2.05) is 12.4 Å². The number of aromatic nitrogens is 2. The second kappa shape index (κ2) is 6.20. The van der Waals surface area contributed by atoms with Crippen molar-refractivity contribution in [2.75, 3.05) is 6.54 Å². The molecule has 0 amide bonds. The van der Waals surface area contributed by atoms with Crippen molar-refractivity contribution in [3.05, 3.63) is 18.2 Å². The van der Waals surface area contributed by atoms with Gasteiger partial charge in [-0.05, 0) is 37.6 Å². The zero-order valence-corrected chi connectivity index (χ0v) is 11.1. The van der Waals surface area contributed by atoms with Crippen molar-refractivity contribution < 1.29 is 0 Å². The second-order valence-corrected chi connectivity index (χ2v) is 5.50. The van der Waals surface area contributed by atoms with E-state index in [1.165, 1.54) is 25.7 Å². The van der Waals surface area contributed by atoms with E-state index in [9.17, 15) is 0 Å². The van der Waals surface area contributed by atoms with Gasteiger partial charge in [0.1, 0.15) is 5.82 Å². The topological polar surface area (TPSA) is 40.7 Å². The summed E-state index contributed by atoms with van der Waals surface area (Å²) in [6, 6.07) is 0.723. The van der Waals surface area contributed by atoms with Crippen molar-refractivity contribution in [1.29, 1.82) is 0 Å². The lowest BCUT2D eigenvalue weighted by Gasteiger charge is -2.35. The van der Waals surface area contributed by atoms with Crippen LogP contribution in [0.5, 0.6) is 0 Å². The van der Waals surface area contributed by atoms with E-state index in [0.717, 1.165) is 36.7 Å². The van der Waals surface area contributed by atoms with Crippen LogP contribution in [0.2, 0.25) is 0 Å². The maximum Gasteiger partial charge on any atom is 0.106 e. The van der Waals surface area contributed by atoms with Crippen LogP contribution in [-0.4, -0.2) is 22.6 Å². The van der Waals surface area contributed by atoms with Gasteiger partial charge in [0.25, 0.3) is 0 Å². The lowest BCUT2D eigenvalue weighted by Crippen LogP contribution is -2.43. The summed E-state index contributed by atoms with van der Waals surface area (Å²) in [6.07, 6.45) is 10.1. The third-order valence-electron chi connectivity index (χ3n) is 4.07. The Bertz CT molecular complexity index is 297. The first kappa shape index (κ1) is 12.6. The molecule has 0 radical (unpaired) electrons. The van der Waals surface area contributed by atoms with Gasteiger partial charge in [0.05, 0.1) is 0 Å². The Labute approximate surface area is 104 Å². The predicted octanol–water partition coefficient (Wildman–Crippen LogP) is 2.76. The average Bonchev–Trinajstić information content (AvgIpc) is 2.80. The molecule has 17 heavy (non-hydrogen) atoms. The Hall–Kier alpha value is -0.830. The Morgan fingerprint density at radius 3 is 2.76 bits per heavy atom. The second-order valence-electron chi connectivity index (χ2n) is 5.50. The van der Waals surface area contributed by atoms with Crippen LogP contribution in [-0.2, 0) is 6.42 Å². The van der Waals surface area contributed by atoms with Crippen LogP contribution in [0, 0.1) is 11.8 Å². The number of nitrogens with one attached hydrogen (secondary N) is 2. The van der Waals surface area contributed by atoms with Gasteiger partial charge in [0.15, 0.2) is 0 Å². The van der Waals surface area contributed by atoms with Gasteiger partial charge in [-0.15, -0.1) is 0 Å². The maximum atomic E-state index is 4.25. The van der Waals surface area contributed by atoms with E-state index >= 15 is 0 Å². The molecule has 0 saturated heterocycles. The highest BCUT2D eigenvalue weighted by Crippen LogP contribution is 2.28. The summed E-state index contributed by atoms with van der Waals surface area (Å²) in [7, 11) is 0. The standard InChI is InChI=1S/C14H25N3/c1-11-5-3-6-12(2)14(11)17-8-4-7-13-15-9-10-16-13/h9-12,14,17H,3-8H2,1-2H3,(H,15,16). The highest BCUT2D eigenvalue weighted by Gasteiger charge is 2.26. The van der Waals surface area contributed by atoms with Crippen LogP contribution < -0.4 is 5.32 Å². The number of hydrogen-bond donors (Lipinski definition) is 2. The third kappa shape index (κ3) is 3.56. The predicted molar refractivity (Wildman–Crippen MR) is 70.9 cm³/mol. The van der Waals surface area contributed by atoms with Gasteiger partial charge in [-0.3, -0.25) is 0 Å². The number of aromatic amines is 1. The summed E-state index contributed by atoms with van der Waals surface area (Å²) < 4.78 is 0. The first-order valence-electron chi connectivity index (χ1n) is 6.99. The number of hydrogen-bond acceptors (Lipinski definition) is 2. The first-order valence-corrected chi connectivity index (χ1v) is 6.99. The zero-order valence-electron chi connectivity index (χ0n) is 11.1. The molecule has 1 aromatic rings. The molecule has 1 heterocycles. The molecule has 1 aliphatic rings. The van der Waals surface area contributed by atoms with Crippen LogP contribution in [0.4, 0.5) is 0 Å². The first-order chi connectivity index (χ1) is 8.27. The quantitative estimate of drug-likeness (QED) is 0.770. The number of rotatable bonds is 5. The molecule has 2 unspecified atom stereocenters. The molecule has 3 heteroatoms. The molecule has 1 aromatic heterocycles. The number of nitrogens with zero attached hydrogens (tertiary/aromatic N) is 1. The maximum absolute atomic E-state index is 4.25. The van der Waals surface area contributed by atoms with Gasteiger partial charge in [0.2, 0.25) is 0 Å². The van der Waals surface area contributed by atoms with Gasteiger partial charge in [-0.2, -0.15) is 0 Å². The SMILES string of the molecule is CC1CCCC(C)C1NCCCc1ncc[nH]1. The van der Waals surface area contributed by atoms with Crippen molar-refractivity contribution in [2.45, 2.75) is 52.0 Å². The van der Waals surface area contributed by atoms with Gasteiger partial charge < -0.3 is 10.3 Å². The molecule has 1 fully saturated rings. The third-order valence-corrected chi connectivity index (χ3v) is 4.07. The molecule has 2 atom stereocenters. The van der Waals surface area contributed by atoms with E-state index in [4.69, 9.17) is 0 Å². The molecule has 2 rings (SSSR count). The smallest absolute Gasteiger partial charge is 0.106 e. The largest absolute Gasteiger partial charge is 0.349 e. The molecule has 2 N–H and O–H groups in total. The van der Waals surface area contributed by atoms with Gasteiger partial charge in [0, 0.05) is 24.9 Å². The number of imidazole rings is 1. The van der Waals surface area contributed by atoms with Gasteiger partial charge in [-0.1, -0.05) is 20.3 Å². The summed E-state index contributed by atoms with van der Waals surface area (Å²) in [6.45, 7) is 5.89. The van der Waals surface area contributed by atoms with Gasteiger partial charge >= 0.3 is 0 Å². The fourth-order valence-electron chi connectivity index (χ4n) is 3.04. The minimum absolute atomic E-state index is 0.723. The molecule has 1 saturated carbocycles. The minimum atomic E-state index is 0.723. The highest BCUT2D eigenvalue weighted by molar-refractivity contribution is 4.88. The van der Waals surface area contributed by atoms with E-state index in [0.29, 0.717) is 0 Å². The van der Waals surface area contributed by atoms with Crippen LogP contribution in [0.15, 0.2) is 12.4 Å². The summed E-state index contributed by atoms with van der Waals surface area (Å²) in [5.41, 5.74) is 0. The molecule has 1 aliphatic carbocycles.